The molecule has 80 valence electrons. The highest BCUT2D eigenvalue weighted by atomic mass is 35.5. The highest BCUT2D eigenvalue weighted by molar-refractivity contribution is 6.29. The van der Waals surface area contributed by atoms with Crippen LogP contribution in [-0.2, 0) is 0 Å². The second kappa shape index (κ2) is 4.41. The lowest BCUT2D eigenvalue weighted by Gasteiger charge is -2.03. The van der Waals surface area contributed by atoms with Crippen molar-refractivity contribution >= 4 is 17.3 Å². The van der Waals surface area contributed by atoms with Gasteiger partial charge in [0.2, 0.25) is 0 Å². The smallest absolute Gasteiger partial charge is 0.130 e. The van der Waals surface area contributed by atoms with Gasteiger partial charge in [0.05, 0.1) is 5.69 Å². The first kappa shape index (κ1) is 10.8. The number of hydrogen-bond donors (Lipinski definition) is 0. The molecule has 1 aromatic heterocycles. The molecule has 0 saturated heterocycles. The molecule has 0 N–H and O–H groups in total. The molecule has 1 aromatic carbocycles. The molecule has 0 bridgehead atoms. The molecule has 16 heavy (non-hydrogen) atoms. The summed E-state index contributed by atoms with van der Waals surface area (Å²) in [5, 5.41) is 3.33. The van der Waals surface area contributed by atoms with E-state index in [-0.39, 0.29) is 0 Å². The molecular weight excluding hydrogens is 224 g/mol. The van der Waals surface area contributed by atoms with E-state index in [1.54, 1.807) is 24.3 Å². The van der Waals surface area contributed by atoms with Gasteiger partial charge in [-0.25, -0.2) is 4.98 Å². The van der Waals surface area contributed by atoms with E-state index >= 15 is 0 Å². The van der Waals surface area contributed by atoms with Crippen molar-refractivity contribution in [2.24, 2.45) is 5.18 Å². The average Bonchev–Trinajstić information content (AvgIpc) is 2.28. The van der Waals surface area contributed by atoms with E-state index in [0.717, 1.165) is 16.8 Å². The van der Waals surface area contributed by atoms with Crippen LogP contribution in [0.1, 0.15) is 5.56 Å². The Hall–Kier alpha value is -1.74. The molecule has 0 spiro atoms. The van der Waals surface area contributed by atoms with Crippen molar-refractivity contribution in [2.45, 2.75) is 6.92 Å². The SMILES string of the molecule is Cc1cc(Cl)nc(-c2cccc(N=O)c2)c1. The normalized spacial score (nSPS) is 10.1. The third-order valence-electron chi connectivity index (χ3n) is 2.19. The summed E-state index contributed by atoms with van der Waals surface area (Å²) in [5.74, 6) is 0. The Morgan fingerprint density at radius 2 is 2.06 bits per heavy atom. The second-order valence-electron chi connectivity index (χ2n) is 3.49. The number of pyridine rings is 1. The molecule has 0 amide bonds. The van der Waals surface area contributed by atoms with Gasteiger partial charge in [0.15, 0.2) is 0 Å². The van der Waals surface area contributed by atoms with Gasteiger partial charge in [-0.15, -0.1) is 4.91 Å². The predicted octanol–water partition coefficient (Wildman–Crippen LogP) is 4.11. The molecule has 0 fully saturated rings. The minimum absolute atomic E-state index is 0.386. The number of hydrogen-bond acceptors (Lipinski definition) is 3. The second-order valence-corrected chi connectivity index (χ2v) is 3.88. The van der Waals surface area contributed by atoms with Crippen LogP contribution in [0.3, 0.4) is 0 Å². The first-order valence-corrected chi connectivity index (χ1v) is 5.15. The van der Waals surface area contributed by atoms with Crippen LogP contribution >= 0.6 is 11.6 Å². The summed E-state index contributed by atoms with van der Waals surface area (Å²) >= 11 is 5.88. The molecular formula is C12H9ClN2O. The fraction of sp³-hybridized carbons (Fsp3) is 0.0833. The van der Waals surface area contributed by atoms with Crippen LogP contribution in [0, 0.1) is 11.8 Å². The lowest BCUT2D eigenvalue weighted by Crippen LogP contribution is -1.85. The quantitative estimate of drug-likeness (QED) is 0.578. The first-order chi connectivity index (χ1) is 7.69. The fourth-order valence-electron chi connectivity index (χ4n) is 1.49. The predicted molar refractivity (Wildman–Crippen MR) is 64.9 cm³/mol. The molecule has 2 aromatic rings. The van der Waals surface area contributed by atoms with Crippen LogP contribution in [-0.4, -0.2) is 4.98 Å². The molecule has 0 aliphatic carbocycles. The lowest BCUT2D eigenvalue weighted by molar-refractivity contribution is 1.28. The molecule has 0 atom stereocenters. The van der Waals surface area contributed by atoms with Crippen LogP contribution in [0.25, 0.3) is 11.3 Å². The van der Waals surface area contributed by atoms with E-state index < -0.39 is 0 Å². The van der Waals surface area contributed by atoms with Crippen molar-refractivity contribution in [1.82, 2.24) is 4.98 Å². The van der Waals surface area contributed by atoms with E-state index in [4.69, 9.17) is 11.6 Å². The number of halogens is 1. The van der Waals surface area contributed by atoms with Crippen molar-refractivity contribution < 1.29 is 0 Å². The largest absolute Gasteiger partial charge is 0.236 e. The fourth-order valence-corrected chi connectivity index (χ4v) is 1.76. The Balaban J connectivity index is 2.53. The zero-order valence-corrected chi connectivity index (χ0v) is 9.40. The minimum atomic E-state index is 0.386. The summed E-state index contributed by atoms with van der Waals surface area (Å²) in [6.07, 6.45) is 0. The molecule has 0 aliphatic rings. The standard InChI is InChI=1S/C12H9ClN2O/c1-8-5-11(14-12(13)6-8)9-3-2-4-10(7-9)15-16/h2-7H,1H3. The molecule has 2 rings (SSSR count). The van der Waals surface area contributed by atoms with E-state index in [9.17, 15) is 4.91 Å². The van der Waals surface area contributed by atoms with Crippen LogP contribution in [0.15, 0.2) is 41.6 Å². The zero-order valence-electron chi connectivity index (χ0n) is 8.64. The Morgan fingerprint density at radius 1 is 1.25 bits per heavy atom. The summed E-state index contributed by atoms with van der Waals surface area (Å²) in [5.41, 5.74) is 2.99. The van der Waals surface area contributed by atoms with Gasteiger partial charge in [0.25, 0.3) is 0 Å². The minimum Gasteiger partial charge on any atom is -0.236 e. The lowest BCUT2D eigenvalue weighted by atomic mass is 10.1. The summed E-state index contributed by atoms with van der Waals surface area (Å²) in [7, 11) is 0. The molecule has 4 heteroatoms. The summed E-state index contributed by atoms with van der Waals surface area (Å²) in [6, 6.07) is 10.7. The van der Waals surface area contributed by atoms with Gasteiger partial charge in [-0.1, -0.05) is 23.7 Å². The highest BCUT2D eigenvalue weighted by Crippen LogP contribution is 2.24. The maximum Gasteiger partial charge on any atom is 0.130 e. The molecule has 0 radical (unpaired) electrons. The highest BCUT2D eigenvalue weighted by Gasteiger charge is 2.03. The Kier molecular flexibility index (Phi) is 2.97. The van der Waals surface area contributed by atoms with E-state index in [0.29, 0.717) is 10.8 Å². The summed E-state index contributed by atoms with van der Waals surface area (Å²) < 4.78 is 0. The van der Waals surface area contributed by atoms with Crippen molar-refractivity contribution in [3.8, 4) is 11.3 Å². The van der Waals surface area contributed by atoms with Crippen LogP contribution in [0.2, 0.25) is 5.15 Å². The molecule has 0 unspecified atom stereocenters. The number of aryl methyl sites for hydroxylation is 1. The monoisotopic (exact) mass is 232 g/mol. The maximum atomic E-state index is 10.4. The maximum absolute atomic E-state index is 10.4. The summed E-state index contributed by atoms with van der Waals surface area (Å²) in [4.78, 5) is 14.6. The van der Waals surface area contributed by atoms with Gasteiger partial charge in [-0.05, 0) is 41.9 Å². The number of nitrogens with zero attached hydrogens (tertiary/aromatic N) is 2. The number of nitroso groups, excluding NO2 is 1. The van der Waals surface area contributed by atoms with E-state index in [2.05, 4.69) is 10.2 Å². The summed E-state index contributed by atoms with van der Waals surface area (Å²) in [6.45, 7) is 1.94. The van der Waals surface area contributed by atoms with Gasteiger partial charge in [-0.3, -0.25) is 0 Å². The first-order valence-electron chi connectivity index (χ1n) is 4.77. The molecule has 1 heterocycles. The molecule has 3 nitrogen and oxygen atoms in total. The Morgan fingerprint density at radius 3 is 2.75 bits per heavy atom. The molecule has 0 saturated carbocycles. The number of rotatable bonds is 2. The average molecular weight is 233 g/mol. The number of benzene rings is 1. The van der Waals surface area contributed by atoms with Gasteiger partial charge < -0.3 is 0 Å². The van der Waals surface area contributed by atoms with Crippen molar-refractivity contribution in [2.75, 3.05) is 0 Å². The Bertz CT molecular complexity index is 520. The van der Waals surface area contributed by atoms with Crippen molar-refractivity contribution in [1.29, 1.82) is 0 Å². The zero-order chi connectivity index (χ0) is 11.5. The Labute approximate surface area is 98.1 Å². The van der Waals surface area contributed by atoms with Gasteiger partial charge in [0.1, 0.15) is 10.8 Å². The van der Waals surface area contributed by atoms with E-state index in [1.807, 2.05) is 19.1 Å². The third-order valence-corrected chi connectivity index (χ3v) is 2.38. The van der Waals surface area contributed by atoms with Gasteiger partial charge >= 0.3 is 0 Å². The van der Waals surface area contributed by atoms with Crippen LogP contribution in [0.5, 0.6) is 0 Å². The molecule has 0 aliphatic heterocycles. The van der Waals surface area contributed by atoms with Gasteiger partial charge in [-0.2, -0.15) is 0 Å². The number of aromatic nitrogens is 1. The van der Waals surface area contributed by atoms with Crippen LogP contribution in [0.4, 0.5) is 5.69 Å². The van der Waals surface area contributed by atoms with Crippen molar-refractivity contribution in [3.05, 3.63) is 52.0 Å². The van der Waals surface area contributed by atoms with Crippen LogP contribution < -0.4 is 0 Å². The van der Waals surface area contributed by atoms with E-state index in [1.165, 1.54) is 0 Å². The topological polar surface area (TPSA) is 42.3 Å². The third kappa shape index (κ3) is 2.25. The van der Waals surface area contributed by atoms with Gasteiger partial charge in [0, 0.05) is 5.56 Å². The van der Waals surface area contributed by atoms with Crippen molar-refractivity contribution in [3.63, 3.8) is 0 Å².